The summed E-state index contributed by atoms with van der Waals surface area (Å²) in [5, 5.41) is 2.71. The van der Waals surface area contributed by atoms with Crippen LogP contribution in [0, 0.1) is 11.3 Å². The van der Waals surface area contributed by atoms with Gasteiger partial charge in [-0.2, -0.15) is 0 Å². The van der Waals surface area contributed by atoms with Gasteiger partial charge in [-0.05, 0) is 39.0 Å². The molecule has 0 aromatic rings. The summed E-state index contributed by atoms with van der Waals surface area (Å²) in [6.07, 6.45) is 2.36. The fourth-order valence-corrected chi connectivity index (χ4v) is 2.59. The lowest BCUT2D eigenvalue weighted by Gasteiger charge is -2.37. The third kappa shape index (κ3) is 9.24. The molecule has 0 aromatic carbocycles. The van der Waals surface area contributed by atoms with Gasteiger partial charge in [-0.3, -0.25) is 4.79 Å². The predicted octanol–water partition coefficient (Wildman–Crippen LogP) is 3.53. The Morgan fingerprint density at radius 2 is 1.61 bits per heavy atom. The first-order valence-electron chi connectivity index (χ1n) is 9.71. The fourth-order valence-electron chi connectivity index (χ4n) is 2.59. The van der Waals surface area contributed by atoms with Crippen molar-refractivity contribution >= 4 is 18.0 Å². The highest BCUT2D eigenvalue weighted by Crippen LogP contribution is 2.23. The molecule has 0 bridgehead atoms. The Hall–Kier alpha value is -2.05. The summed E-state index contributed by atoms with van der Waals surface area (Å²) in [5.74, 6) is -0.652. The Morgan fingerprint density at radius 3 is 2.00 bits per heavy atom. The lowest BCUT2D eigenvalue weighted by molar-refractivity contribution is -0.138. The average molecular weight is 399 g/mol. The maximum absolute atomic E-state index is 13.2. The van der Waals surface area contributed by atoms with E-state index in [0.29, 0.717) is 0 Å². The van der Waals surface area contributed by atoms with Crippen molar-refractivity contribution in [1.29, 1.82) is 0 Å². The van der Waals surface area contributed by atoms with Gasteiger partial charge in [0.1, 0.15) is 11.6 Å². The zero-order valence-electron chi connectivity index (χ0n) is 19.1. The number of nitrogens with one attached hydrogen (secondary N) is 1. The van der Waals surface area contributed by atoms with Crippen LogP contribution in [0.5, 0.6) is 0 Å². The molecular weight excluding hydrogens is 360 g/mol. The van der Waals surface area contributed by atoms with E-state index in [1.165, 1.54) is 6.08 Å². The van der Waals surface area contributed by atoms with E-state index in [1.807, 2.05) is 34.6 Å². The van der Waals surface area contributed by atoms with Crippen molar-refractivity contribution in [3.63, 3.8) is 0 Å². The first-order valence-corrected chi connectivity index (χ1v) is 9.71. The summed E-state index contributed by atoms with van der Waals surface area (Å²) in [4.78, 5) is 38.7. The predicted molar refractivity (Wildman–Crippen MR) is 110 cm³/mol. The molecule has 0 saturated carbocycles. The molecule has 0 aromatic heterocycles. The lowest BCUT2D eigenvalue weighted by atomic mass is 9.85. The Morgan fingerprint density at radius 1 is 1.07 bits per heavy atom. The van der Waals surface area contributed by atoms with Gasteiger partial charge in [-0.15, -0.1) is 0 Å². The van der Waals surface area contributed by atoms with Crippen molar-refractivity contribution in [2.75, 3.05) is 13.7 Å². The summed E-state index contributed by atoms with van der Waals surface area (Å²) >= 11 is 0. The number of alkyl carbamates (subject to hydrolysis) is 1. The number of hydrogen-bond donors (Lipinski definition) is 1. The number of carbonyl (C=O) groups excluding carboxylic acids is 3. The highest BCUT2D eigenvalue weighted by molar-refractivity contribution is 5.87. The number of ether oxygens (including phenoxy) is 2. The number of amides is 2. The van der Waals surface area contributed by atoms with E-state index in [9.17, 15) is 14.4 Å². The minimum atomic E-state index is -0.787. The second-order valence-corrected chi connectivity index (χ2v) is 9.24. The topological polar surface area (TPSA) is 84.9 Å². The second-order valence-electron chi connectivity index (χ2n) is 9.24. The summed E-state index contributed by atoms with van der Waals surface area (Å²) in [7, 11) is 1.66. The van der Waals surface area contributed by atoms with Crippen LogP contribution in [0.4, 0.5) is 4.79 Å². The van der Waals surface area contributed by atoms with Gasteiger partial charge in [-0.1, -0.05) is 40.7 Å². The second kappa shape index (κ2) is 10.5. The smallest absolute Gasteiger partial charge is 0.408 e. The van der Waals surface area contributed by atoms with E-state index in [2.05, 4.69) is 5.32 Å². The van der Waals surface area contributed by atoms with Crippen LogP contribution in [0.25, 0.3) is 0 Å². The molecule has 0 radical (unpaired) electrons. The highest BCUT2D eigenvalue weighted by atomic mass is 16.6. The van der Waals surface area contributed by atoms with E-state index in [0.717, 1.165) is 0 Å². The van der Waals surface area contributed by atoms with Gasteiger partial charge in [-0.25, -0.2) is 9.59 Å². The van der Waals surface area contributed by atoms with Gasteiger partial charge < -0.3 is 19.7 Å². The van der Waals surface area contributed by atoms with Crippen molar-refractivity contribution in [3.8, 4) is 0 Å². The molecule has 0 heterocycles. The van der Waals surface area contributed by atoms with Gasteiger partial charge >= 0.3 is 12.1 Å². The molecule has 28 heavy (non-hydrogen) atoms. The molecule has 7 heteroatoms. The third-order valence-corrected chi connectivity index (χ3v) is 3.97. The van der Waals surface area contributed by atoms with E-state index in [-0.39, 0.29) is 24.5 Å². The van der Waals surface area contributed by atoms with Crippen LogP contribution in [-0.4, -0.2) is 54.2 Å². The minimum absolute atomic E-state index is 0.0572. The third-order valence-electron chi connectivity index (χ3n) is 3.97. The molecule has 0 spiro atoms. The van der Waals surface area contributed by atoms with E-state index >= 15 is 0 Å². The molecule has 0 saturated heterocycles. The Kier molecular flexibility index (Phi) is 9.71. The van der Waals surface area contributed by atoms with E-state index < -0.39 is 29.1 Å². The summed E-state index contributed by atoms with van der Waals surface area (Å²) in [6.45, 7) is 16.9. The Labute approximate surface area is 169 Å². The Bertz CT molecular complexity index is 570. The molecule has 7 nitrogen and oxygen atoms in total. The van der Waals surface area contributed by atoms with Crippen LogP contribution in [0.15, 0.2) is 12.2 Å². The van der Waals surface area contributed by atoms with Gasteiger partial charge in [0, 0.05) is 13.1 Å². The van der Waals surface area contributed by atoms with Crippen molar-refractivity contribution in [2.24, 2.45) is 11.3 Å². The van der Waals surface area contributed by atoms with Crippen LogP contribution in [0.3, 0.4) is 0 Å². The number of rotatable bonds is 7. The molecule has 0 aliphatic heterocycles. The minimum Gasteiger partial charge on any atom is -0.463 e. The molecule has 1 N–H and O–H groups in total. The van der Waals surface area contributed by atoms with Gasteiger partial charge in [0.15, 0.2) is 0 Å². The first kappa shape index (κ1) is 26.0. The molecule has 0 fully saturated rings. The van der Waals surface area contributed by atoms with Crippen LogP contribution in [0.1, 0.15) is 62.3 Å². The van der Waals surface area contributed by atoms with E-state index in [4.69, 9.17) is 9.47 Å². The number of nitrogens with zero attached hydrogens (tertiary/aromatic N) is 1. The molecular formula is C21H38N2O5. The monoisotopic (exact) mass is 398 g/mol. The molecule has 162 valence electrons. The maximum atomic E-state index is 13.2. The average Bonchev–Trinajstić information content (AvgIpc) is 2.49. The standard InChI is InChI=1S/C21H38N2O5/c1-11-27-16(24)13-12-15(14(2)3)23(10)18(25)17(20(4,5)6)22-19(26)28-21(7,8)9/h12-15,17H,11H2,1-10H3,(H,22,26)/b13-12+/t15-,17-/m1/s1. The molecule has 2 amide bonds. The zero-order valence-corrected chi connectivity index (χ0v) is 19.1. The van der Waals surface area contributed by atoms with E-state index in [1.54, 1.807) is 45.7 Å². The van der Waals surface area contributed by atoms with Crippen LogP contribution >= 0.6 is 0 Å². The summed E-state index contributed by atoms with van der Waals surface area (Å²) in [5.41, 5.74) is -1.20. The van der Waals surface area contributed by atoms with Crippen molar-refractivity contribution in [1.82, 2.24) is 10.2 Å². The lowest BCUT2D eigenvalue weighted by Crippen LogP contribution is -2.56. The SMILES string of the molecule is CCOC(=O)/C=C/[C@H](C(C)C)N(C)C(=O)[C@@H](NC(=O)OC(C)(C)C)C(C)(C)C. The van der Waals surface area contributed by atoms with Gasteiger partial charge in [0.25, 0.3) is 0 Å². The largest absolute Gasteiger partial charge is 0.463 e. The molecule has 2 atom stereocenters. The summed E-state index contributed by atoms with van der Waals surface area (Å²) < 4.78 is 10.2. The zero-order chi connectivity index (χ0) is 22.3. The number of carbonyl (C=O) groups is 3. The molecule has 0 aliphatic carbocycles. The fraction of sp³-hybridized carbons (Fsp3) is 0.762. The van der Waals surface area contributed by atoms with Crippen LogP contribution in [-0.2, 0) is 19.1 Å². The number of likely N-dealkylation sites (N-methyl/N-ethyl adjacent to an activating group) is 1. The Balaban J connectivity index is 5.52. The van der Waals surface area contributed by atoms with Crippen LogP contribution < -0.4 is 5.32 Å². The molecule has 0 unspecified atom stereocenters. The highest BCUT2D eigenvalue weighted by Gasteiger charge is 2.37. The maximum Gasteiger partial charge on any atom is 0.408 e. The molecule has 0 rings (SSSR count). The van der Waals surface area contributed by atoms with Crippen molar-refractivity contribution in [3.05, 3.63) is 12.2 Å². The first-order chi connectivity index (χ1) is 12.6. The van der Waals surface area contributed by atoms with Crippen molar-refractivity contribution in [2.45, 2.75) is 80.0 Å². The van der Waals surface area contributed by atoms with Crippen LogP contribution in [0.2, 0.25) is 0 Å². The van der Waals surface area contributed by atoms with Crippen molar-refractivity contribution < 1.29 is 23.9 Å². The van der Waals surface area contributed by atoms with Gasteiger partial charge in [0.05, 0.1) is 12.6 Å². The normalized spacial score (nSPS) is 14.5. The molecule has 0 aliphatic rings. The number of hydrogen-bond acceptors (Lipinski definition) is 5. The van der Waals surface area contributed by atoms with Gasteiger partial charge in [0.2, 0.25) is 5.91 Å². The summed E-state index contributed by atoms with van der Waals surface area (Å²) in [6, 6.07) is -1.12. The number of esters is 1. The quantitative estimate of drug-likeness (QED) is 0.524.